The number of rotatable bonds is 9. The van der Waals surface area contributed by atoms with Gasteiger partial charge in [0.05, 0.1) is 7.11 Å². The van der Waals surface area contributed by atoms with Crippen LogP contribution in [0, 0.1) is 0 Å². The minimum Gasteiger partial charge on any atom is -0.497 e. The molecule has 2 aromatic carbocycles. The van der Waals surface area contributed by atoms with E-state index in [9.17, 15) is 4.79 Å². The molecule has 0 bridgehead atoms. The van der Waals surface area contributed by atoms with E-state index in [0.29, 0.717) is 19.5 Å². The molecule has 24 heavy (non-hydrogen) atoms. The molecule has 2 rings (SSSR count). The van der Waals surface area contributed by atoms with Crippen molar-refractivity contribution < 1.29 is 9.53 Å². The smallest absolute Gasteiger partial charge is 0.221 e. The number of ether oxygens (including phenoxy) is 1. The van der Waals surface area contributed by atoms with Gasteiger partial charge in [-0.2, -0.15) is 0 Å². The maximum absolute atomic E-state index is 11.9. The minimum atomic E-state index is 0.0705. The highest BCUT2D eigenvalue weighted by atomic mass is 16.5. The van der Waals surface area contributed by atoms with Crippen molar-refractivity contribution in [2.24, 2.45) is 0 Å². The van der Waals surface area contributed by atoms with E-state index in [1.807, 2.05) is 24.3 Å². The number of hydrogen-bond donors (Lipinski definition) is 2. The lowest BCUT2D eigenvalue weighted by molar-refractivity contribution is -0.120. The number of amides is 1. The molecule has 2 aromatic rings. The van der Waals surface area contributed by atoms with Crippen LogP contribution >= 0.6 is 0 Å². The van der Waals surface area contributed by atoms with Gasteiger partial charge in [-0.1, -0.05) is 31.2 Å². The largest absolute Gasteiger partial charge is 0.497 e. The Hall–Kier alpha value is -2.49. The summed E-state index contributed by atoms with van der Waals surface area (Å²) in [6, 6.07) is 16.2. The first kappa shape index (κ1) is 17.9. The number of carbonyl (C=O) groups excluding carboxylic acids is 1. The van der Waals surface area contributed by atoms with Gasteiger partial charge in [-0.15, -0.1) is 0 Å². The molecule has 128 valence electrons. The van der Waals surface area contributed by atoms with Crippen molar-refractivity contribution in [1.82, 2.24) is 5.32 Å². The van der Waals surface area contributed by atoms with Crippen LogP contribution < -0.4 is 15.4 Å². The summed E-state index contributed by atoms with van der Waals surface area (Å²) < 4.78 is 5.13. The third kappa shape index (κ3) is 5.95. The predicted molar refractivity (Wildman–Crippen MR) is 98.6 cm³/mol. The molecule has 0 atom stereocenters. The average Bonchev–Trinajstić information content (AvgIpc) is 2.63. The van der Waals surface area contributed by atoms with E-state index in [1.165, 1.54) is 11.1 Å². The molecule has 4 nitrogen and oxygen atoms in total. The van der Waals surface area contributed by atoms with E-state index < -0.39 is 0 Å². The lowest BCUT2D eigenvalue weighted by Gasteiger charge is -2.08. The van der Waals surface area contributed by atoms with Gasteiger partial charge in [0.25, 0.3) is 0 Å². The number of carbonyl (C=O) groups is 1. The van der Waals surface area contributed by atoms with Gasteiger partial charge in [-0.25, -0.2) is 0 Å². The van der Waals surface area contributed by atoms with Gasteiger partial charge in [0, 0.05) is 25.2 Å². The molecule has 0 radical (unpaired) electrons. The Balaban J connectivity index is 1.62. The lowest BCUT2D eigenvalue weighted by atomic mass is 10.1. The summed E-state index contributed by atoms with van der Waals surface area (Å²) in [6.45, 7) is 3.43. The third-order valence-corrected chi connectivity index (χ3v) is 3.94. The van der Waals surface area contributed by atoms with E-state index in [1.54, 1.807) is 7.11 Å². The number of methoxy groups -OCH3 is 1. The first-order valence-corrected chi connectivity index (χ1v) is 8.43. The summed E-state index contributed by atoms with van der Waals surface area (Å²) in [7, 11) is 1.65. The summed E-state index contributed by atoms with van der Waals surface area (Å²) in [5, 5.41) is 6.23. The summed E-state index contributed by atoms with van der Waals surface area (Å²) >= 11 is 0. The molecular weight excluding hydrogens is 300 g/mol. The van der Waals surface area contributed by atoms with Crippen molar-refractivity contribution in [3.8, 4) is 5.75 Å². The first-order chi connectivity index (χ1) is 11.7. The van der Waals surface area contributed by atoms with E-state index in [-0.39, 0.29) is 5.91 Å². The van der Waals surface area contributed by atoms with Gasteiger partial charge in [-0.05, 0) is 48.2 Å². The summed E-state index contributed by atoms with van der Waals surface area (Å²) in [5.41, 5.74) is 3.56. The maximum Gasteiger partial charge on any atom is 0.221 e. The van der Waals surface area contributed by atoms with Crippen LogP contribution in [0.25, 0.3) is 0 Å². The van der Waals surface area contributed by atoms with Crippen LogP contribution in [-0.2, 0) is 17.6 Å². The average molecular weight is 326 g/mol. The molecule has 0 aromatic heterocycles. The van der Waals surface area contributed by atoms with E-state index in [4.69, 9.17) is 4.74 Å². The van der Waals surface area contributed by atoms with Crippen molar-refractivity contribution in [1.29, 1.82) is 0 Å². The lowest BCUT2D eigenvalue weighted by Crippen LogP contribution is -2.27. The fraction of sp³-hybridized carbons (Fsp3) is 0.350. The standard InChI is InChI=1S/C20H26N2O2/c1-3-16-4-8-18(9-5-16)21-15-13-20(23)22-14-12-17-6-10-19(24-2)11-7-17/h4-11,21H,3,12-15H2,1-2H3,(H,22,23). The molecule has 0 saturated carbocycles. The van der Waals surface area contributed by atoms with Crippen molar-refractivity contribution in [2.45, 2.75) is 26.2 Å². The highest BCUT2D eigenvalue weighted by molar-refractivity contribution is 5.76. The Bertz CT molecular complexity index is 566. The molecule has 0 heterocycles. The monoisotopic (exact) mass is 326 g/mol. The third-order valence-electron chi connectivity index (χ3n) is 3.94. The van der Waals surface area contributed by atoms with Crippen LogP contribution in [0.2, 0.25) is 0 Å². The van der Waals surface area contributed by atoms with E-state index >= 15 is 0 Å². The van der Waals surface area contributed by atoms with Crippen LogP contribution in [0.15, 0.2) is 48.5 Å². The van der Waals surface area contributed by atoms with Crippen molar-refractivity contribution in [2.75, 3.05) is 25.5 Å². The molecule has 0 aliphatic rings. The number of aryl methyl sites for hydroxylation is 1. The molecule has 1 amide bonds. The molecule has 0 saturated heterocycles. The van der Waals surface area contributed by atoms with Crippen LogP contribution in [0.1, 0.15) is 24.5 Å². The Kier molecular flexibility index (Phi) is 7.15. The zero-order valence-electron chi connectivity index (χ0n) is 14.5. The highest BCUT2D eigenvalue weighted by Crippen LogP contribution is 2.11. The quantitative estimate of drug-likeness (QED) is 0.742. The van der Waals surface area contributed by atoms with Crippen LogP contribution in [0.3, 0.4) is 0 Å². The van der Waals surface area contributed by atoms with Gasteiger partial charge in [0.1, 0.15) is 5.75 Å². The summed E-state index contributed by atoms with van der Waals surface area (Å²) in [4.78, 5) is 11.9. The van der Waals surface area contributed by atoms with E-state index in [2.05, 4.69) is 41.8 Å². The fourth-order valence-electron chi connectivity index (χ4n) is 2.41. The molecule has 0 unspecified atom stereocenters. The SMILES string of the molecule is CCc1ccc(NCCC(=O)NCCc2ccc(OC)cc2)cc1. The number of nitrogens with one attached hydrogen (secondary N) is 2. The van der Waals surface area contributed by atoms with E-state index in [0.717, 1.165) is 24.3 Å². The second-order valence-corrected chi connectivity index (χ2v) is 5.68. The second-order valence-electron chi connectivity index (χ2n) is 5.68. The van der Waals surface area contributed by atoms with Gasteiger partial charge in [0.15, 0.2) is 0 Å². The Labute approximate surface area is 144 Å². The number of benzene rings is 2. The summed E-state index contributed by atoms with van der Waals surface area (Å²) in [5.74, 6) is 0.919. The van der Waals surface area contributed by atoms with Gasteiger partial charge >= 0.3 is 0 Å². The molecular formula is C20H26N2O2. The maximum atomic E-state index is 11.9. The normalized spacial score (nSPS) is 10.2. The Morgan fingerprint density at radius 2 is 1.62 bits per heavy atom. The van der Waals surface area contributed by atoms with Gasteiger partial charge in [0.2, 0.25) is 5.91 Å². The molecule has 4 heteroatoms. The van der Waals surface area contributed by atoms with Crippen LogP contribution in [-0.4, -0.2) is 26.1 Å². The number of anilines is 1. The van der Waals surface area contributed by atoms with Crippen molar-refractivity contribution >= 4 is 11.6 Å². The second kappa shape index (κ2) is 9.60. The van der Waals surface area contributed by atoms with Crippen LogP contribution in [0.5, 0.6) is 5.75 Å². The fourth-order valence-corrected chi connectivity index (χ4v) is 2.41. The zero-order valence-corrected chi connectivity index (χ0v) is 14.5. The molecule has 0 aliphatic carbocycles. The number of hydrogen-bond acceptors (Lipinski definition) is 3. The zero-order chi connectivity index (χ0) is 17.2. The van der Waals surface area contributed by atoms with Gasteiger partial charge in [-0.3, -0.25) is 4.79 Å². The minimum absolute atomic E-state index is 0.0705. The molecule has 0 fully saturated rings. The predicted octanol–water partition coefficient (Wildman–Crippen LogP) is 3.42. The first-order valence-electron chi connectivity index (χ1n) is 8.43. The van der Waals surface area contributed by atoms with Crippen molar-refractivity contribution in [3.05, 3.63) is 59.7 Å². The van der Waals surface area contributed by atoms with Crippen LogP contribution in [0.4, 0.5) is 5.69 Å². The molecule has 0 aliphatic heterocycles. The molecule has 2 N–H and O–H groups in total. The Morgan fingerprint density at radius 3 is 2.25 bits per heavy atom. The molecule has 0 spiro atoms. The Morgan fingerprint density at radius 1 is 0.958 bits per heavy atom. The summed E-state index contributed by atoms with van der Waals surface area (Å²) in [6.07, 6.45) is 2.33. The highest BCUT2D eigenvalue weighted by Gasteiger charge is 2.01. The van der Waals surface area contributed by atoms with Gasteiger partial charge < -0.3 is 15.4 Å². The topological polar surface area (TPSA) is 50.4 Å². The van der Waals surface area contributed by atoms with Crippen molar-refractivity contribution in [3.63, 3.8) is 0 Å².